The van der Waals surface area contributed by atoms with Crippen LogP contribution >= 0.6 is 0 Å². The fraction of sp³-hybridized carbons (Fsp3) is 0.0625. The van der Waals surface area contributed by atoms with Gasteiger partial charge in [-0.25, -0.2) is 4.79 Å². The molecule has 2 heteroatoms. The molecule has 0 bridgehead atoms. The van der Waals surface area contributed by atoms with Gasteiger partial charge in [0.05, 0.1) is 7.11 Å². The largest absolute Gasteiger partial charge is 0.466 e. The summed E-state index contributed by atoms with van der Waals surface area (Å²) in [6.07, 6.45) is 6.22. The summed E-state index contributed by atoms with van der Waals surface area (Å²) >= 11 is 0. The third kappa shape index (κ3) is 13.7. The third-order valence-electron chi connectivity index (χ3n) is 1.57. The first-order chi connectivity index (χ1) is 8.65. The van der Waals surface area contributed by atoms with Gasteiger partial charge in [-0.1, -0.05) is 74.9 Å². The van der Waals surface area contributed by atoms with Gasteiger partial charge in [0.15, 0.2) is 0 Å². The lowest BCUT2D eigenvalue weighted by atomic mass is 10.2. The zero-order valence-corrected chi connectivity index (χ0v) is 10.8. The molecular weight excluding hydrogens is 224 g/mol. The van der Waals surface area contributed by atoms with E-state index in [1.165, 1.54) is 12.7 Å². The molecule has 0 heterocycles. The Bertz CT molecular complexity index is 358. The number of benzene rings is 1. The van der Waals surface area contributed by atoms with Gasteiger partial charge >= 0.3 is 5.97 Å². The molecule has 0 N–H and O–H groups in total. The van der Waals surface area contributed by atoms with E-state index in [1.807, 2.05) is 36.4 Å². The molecule has 0 unspecified atom stereocenters. The molecular formula is C16H20O2. The molecule has 1 aromatic rings. The van der Waals surface area contributed by atoms with E-state index in [0.717, 1.165) is 6.08 Å². The van der Waals surface area contributed by atoms with Crippen LogP contribution in [0.3, 0.4) is 0 Å². The van der Waals surface area contributed by atoms with Crippen molar-refractivity contribution in [2.24, 2.45) is 0 Å². The molecule has 0 aliphatic rings. The highest BCUT2D eigenvalue weighted by Crippen LogP contribution is 1.97. The maximum atomic E-state index is 9.84. The molecule has 0 saturated heterocycles. The Balaban J connectivity index is 0. The van der Waals surface area contributed by atoms with Crippen LogP contribution in [0.5, 0.6) is 0 Å². The number of carbonyl (C=O) groups is 1. The Labute approximate surface area is 110 Å². The van der Waals surface area contributed by atoms with E-state index in [1.54, 1.807) is 12.2 Å². The summed E-state index contributed by atoms with van der Waals surface area (Å²) in [7, 11) is 1.31. The highest BCUT2D eigenvalue weighted by Gasteiger charge is 1.81. The molecule has 0 aliphatic heterocycles. The van der Waals surface area contributed by atoms with Gasteiger partial charge in [-0.2, -0.15) is 0 Å². The van der Waals surface area contributed by atoms with E-state index in [4.69, 9.17) is 0 Å². The van der Waals surface area contributed by atoms with Crippen LogP contribution in [0.2, 0.25) is 0 Å². The van der Waals surface area contributed by atoms with E-state index in [-0.39, 0.29) is 0 Å². The van der Waals surface area contributed by atoms with Crippen molar-refractivity contribution in [2.45, 2.75) is 0 Å². The van der Waals surface area contributed by atoms with Crippen LogP contribution in [0, 0.1) is 0 Å². The molecule has 0 aliphatic carbocycles. The van der Waals surface area contributed by atoms with Gasteiger partial charge in [0, 0.05) is 6.08 Å². The minimum absolute atomic E-state index is 0.394. The fourth-order valence-electron chi connectivity index (χ4n) is 0.672. The topological polar surface area (TPSA) is 26.3 Å². The molecule has 18 heavy (non-hydrogen) atoms. The van der Waals surface area contributed by atoms with Gasteiger partial charge in [-0.15, -0.1) is 0 Å². The summed E-state index contributed by atoms with van der Waals surface area (Å²) in [5.41, 5.74) is 1.17. The maximum absolute atomic E-state index is 9.84. The van der Waals surface area contributed by atoms with E-state index >= 15 is 0 Å². The number of hydrogen-bond donors (Lipinski definition) is 0. The van der Waals surface area contributed by atoms with Gasteiger partial charge in [0.25, 0.3) is 0 Å². The number of carbonyl (C=O) groups excluding carboxylic acids is 1. The van der Waals surface area contributed by atoms with E-state index in [2.05, 4.69) is 31.1 Å². The van der Waals surface area contributed by atoms with Crippen molar-refractivity contribution < 1.29 is 9.53 Å². The van der Waals surface area contributed by atoms with Gasteiger partial charge in [-0.3, -0.25) is 0 Å². The van der Waals surface area contributed by atoms with Crippen LogP contribution in [0.4, 0.5) is 0 Å². The second-order valence-electron chi connectivity index (χ2n) is 2.81. The normalized spacial score (nSPS) is 7.17. The lowest BCUT2D eigenvalue weighted by Gasteiger charge is -1.85. The highest BCUT2D eigenvalue weighted by molar-refractivity contribution is 5.80. The minimum atomic E-state index is -0.394. The molecule has 0 fully saturated rings. The lowest BCUT2D eigenvalue weighted by Crippen LogP contribution is -1.91. The summed E-state index contributed by atoms with van der Waals surface area (Å²) in [6.45, 7) is 13.5. The zero-order chi connectivity index (χ0) is 14.2. The fourth-order valence-corrected chi connectivity index (χ4v) is 0.672. The van der Waals surface area contributed by atoms with Crippen molar-refractivity contribution in [2.75, 3.05) is 7.11 Å². The third-order valence-corrected chi connectivity index (χ3v) is 1.57. The summed E-state index contributed by atoms with van der Waals surface area (Å²) < 4.78 is 4.14. The smallest absolute Gasteiger partial charge is 0.329 e. The molecule has 0 spiro atoms. The second-order valence-corrected chi connectivity index (χ2v) is 2.81. The Hall–Kier alpha value is -2.35. The first-order valence-electron chi connectivity index (χ1n) is 5.27. The predicted molar refractivity (Wildman–Crippen MR) is 79.1 cm³/mol. The van der Waals surface area contributed by atoms with Crippen LogP contribution < -0.4 is 0 Å². The first-order valence-corrected chi connectivity index (χ1v) is 5.27. The van der Waals surface area contributed by atoms with Crippen molar-refractivity contribution in [1.82, 2.24) is 0 Å². The van der Waals surface area contributed by atoms with Gasteiger partial charge in [-0.05, 0) is 5.56 Å². The molecule has 96 valence electrons. The Morgan fingerprint density at radius 2 is 1.56 bits per heavy atom. The number of methoxy groups -OCH3 is 1. The molecule has 2 nitrogen and oxygen atoms in total. The van der Waals surface area contributed by atoms with Gasteiger partial charge < -0.3 is 4.74 Å². The molecule has 0 saturated carbocycles. The first kappa shape index (κ1) is 18.0. The summed E-state index contributed by atoms with van der Waals surface area (Å²) in [5.74, 6) is -0.394. The Kier molecular flexibility index (Phi) is 14.7. The summed E-state index contributed by atoms with van der Waals surface area (Å²) in [6, 6.07) is 10.0. The average molecular weight is 244 g/mol. The van der Waals surface area contributed by atoms with Crippen LogP contribution in [-0.2, 0) is 9.53 Å². The number of hydrogen-bond acceptors (Lipinski definition) is 2. The monoisotopic (exact) mass is 244 g/mol. The molecule has 1 rings (SSSR count). The zero-order valence-electron chi connectivity index (χ0n) is 10.8. The van der Waals surface area contributed by atoms with Crippen molar-refractivity contribution in [1.29, 1.82) is 0 Å². The van der Waals surface area contributed by atoms with Crippen molar-refractivity contribution in [3.63, 3.8) is 0 Å². The second kappa shape index (κ2) is 14.6. The molecule has 0 amide bonds. The van der Waals surface area contributed by atoms with Gasteiger partial charge in [0.2, 0.25) is 0 Å². The van der Waals surface area contributed by atoms with Crippen molar-refractivity contribution in [3.8, 4) is 0 Å². The summed E-state index contributed by atoms with van der Waals surface area (Å²) in [4.78, 5) is 9.84. The maximum Gasteiger partial charge on any atom is 0.329 e. The van der Waals surface area contributed by atoms with Crippen LogP contribution in [-0.4, -0.2) is 13.1 Å². The number of allylic oxidation sites excluding steroid dienone is 2. The molecule has 0 atom stereocenters. The SMILES string of the molecule is C=CC(=O)OC.C=CC=C.C=Cc1ccccc1. The minimum Gasteiger partial charge on any atom is -0.466 e. The van der Waals surface area contributed by atoms with E-state index in [9.17, 15) is 4.79 Å². The van der Waals surface area contributed by atoms with E-state index in [0.29, 0.717) is 0 Å². The van der Waals surface area contributed by atoms with Crippen molar-refractivity contribution in [3.05, 3.63) is 80.4 Å². The molecule has 1 aromatic carbocycles. The lowest BCUT2D eigenvalue weighted by molar-refractivity contribution is -0.134. The van der Waals surface area contributed by atoms with E-state index < -0.39 is 5.97 Å². The van der Waals surface area contributed by atoms with Crippen LogP contribution in [0.15, 0.2) is 74.9 Å². The Morgan fingerprint density at radius 1 is 1.06 bits per heavy atom. The quantitative estimate of drug-likeness (QED) is 0.456. The Morgan fingerprint density at radius 3 is 1.72 bits per heavy atom. The standard InChI is InChI=1S/C8H8.C4H6O2.C4H6/c1-2-8-6-4-3-5-7-8;1-3-4(5)6-2;1-3-4-2/h2-7H,1H2;3H,1H2,2H3;3-4H,1-2H2. The van der Waals surface area contributed by atoms with Gasteiger partial charge in [0.1, 0.15) is 0 Å². The highest BCUT2D eigenvalue weighted by atomic mass is 16.5. The average Bonchev–Trinajstić information content (AvgIpc) is 2.48. The number of esters is 1. The molecule has 0 aromatic heterocycles. The molecule has 0 radical (unpaired) electrons. The predicted octanol–water partition coefficient (Wildman–Crippen LogP) is 4.03. The van der Waals surface area contributed by atoms with Crippen LogP contribution in [0.1, 0.15) is 5.56 Å². The number of rotatable bonds is 3. The van der Waals surface area contributed by atoms with Crippen molar-refractivity contribution >= 4 is 12.0 Å². The number of ether oxygens (including phenoxy) is 1. The summed E-state index contributed by atoms with van der Waals surface area (Å²) in [5, 5.41) is 0. The van der Waals surface area contributed by atoms with Crippen LogP contribution in [0.25, 0.3) is 6.08 Å².